The summed E-state index contributed by atoms with van der Waals surface area (Å²) in [5.74, 6) is 0.797. The quantitative estimate of drug-likeness (QED) is 0.526. The third kappa shape index (κ3) is 4.77. The molecule has 3 N–H and O–H groups in total. The number of hydrogen-bond donors (Lipinski definition) is 2. The van der Waals surface area contributed by atoms with Gasteiger partial charge in [-0.2, -0.15) is 0 Å². The van der Waals surface area contributed by atoms with Gasteiger partial charge in [-0.3, -0.25) is 5.41 Å². The Balaban J connectivity index is 2.55. The first kappa shape index (κ1) is 16.4. The molecule has 0 fully saturated rings. The van der Waals surface area contributed by atoms with Crippen LogP contribution in [-0.4, -0.2) is 53.4 Å². The topological polar surface area (TPSA) is 82.1 Å². The molecule has 0 aromatic carbocycles. The molecular formula is C14H26N6. The van der Waals surface area contributed by atoms with E-state index in [4.69, 9.17) is 11.1 Å². The summed E-state index contributed by atoms with van der Waals surface area (Å²) in [6, 6.07) is 0. The first-order chi connectivity index (χ1) is 9.62. The minimum absolute atomic E-state index is 0.0476. The van der Waals surface area contributed by atoms with E-state index in [-0.39, 0.29) is 5.84 Å². The lowest BCUT2D eigenvalue weighted by molar-refractivity contribution is 0.300. The summed E-state index contributed by atoms with van der Waals surface area (Å²) in [5, 5.41) is 7.31. The number of nitrogens with zero attached hydrogens (tertiary/aromatic N) is 4. The van der Waals surface area contributed by atoms with Crippen LogP contribution in [0, 0.1) is 5.41 Å². The highest BCUT2D eigenvalue weighted by Gasteiger charge is 2.08. The summed E-state index contributed by atoms with van der Waals surface area (Å²) in [6.07, 6.45) is 4.36. The van der Waals surface area contributed by atoms with Gasteiger partial charge in [-0.25, -0.2) is 9.97 Å². The lowest BCUT2D eigenvalue weighted by Gasteiger charge is -2.24. The van der Waals surface area contributed by atoms with Gasteiger partial charge in [0.1, 0.15) is 17.3 Å². The Labute approximate surface area is 121 Å². The fourth-order valence-electron chi connectivity index (χ4n) is 2.08. The average molecular weight is 278 g/mol. The van der Waals surface area contributed by atoms with Crippen LogP contribution in [0.3, 0.4) is 0 Å². The minimum Gasteiger partial charge on any atom is -0.382 e. The molecule has 1 aromatic rings. The first-order valence-corrected chi connectivity index (χ1v) is 7.26. The maximum absolute atomic E-state index is 7.31. The van der Waals surface area contributed by atoms with Gasteiger partial charge in [-0.1, -0.05) is 13.8 Å². The molecule has 1 rings (SSSR count). The van der Waals surface area contributed by atoms with Crippen molar-refractivity contribution in [1.82, 2.24) is 14.9 Å². The molecule has 0 bridgehead atoms. The monoisotopic (exact) mass is 278 g/mol. The number of nitrogen functional groups attached to an aromatic ring is 1. The van der Waals surface area contributed by atoms with Gasteiger partial charge in [-0.05, 0) is 33.0 Å². The van der Waals surface area contributed by atoms with Gasteiger partial charge >= 0.3 is 0 Å². The van der Waals surface area contributed by atoms with Crippen LogP contribution in [0.1, 0.15) is 32.9 Å². The van der Waals surface area contributed by atoms with Crippen molar-refractivity contribution in [3.8, 4) is 0 Å². The third-order valence-electron chi connectivity index (χ3n) is 3.42. The summed E-state index contributed by atoms with van der Waals surface area (Å²) in [7, 11) is 0. The maximum Gasteiger partial charge on any atom is 0.147 e. The van der Waals surface area contributed by atoms with Crippen molar-refractivity contribution in [2.24, 2.45) is 5.73 Å². The summed E-state index contributed by atoms with van der Waals surface area (Å²) in [5.41, 5.74) is 5.80. The Morgan fingerprint density at radius 1 is 1.10 bits per heavy atom. The molecule has 6 nitrogen and oxygen atoms in total. The molecule has 112 valence electrons. The number of anilines is 1. The van der Waals surface area contributed by atoms with Crippen molar-refractivity contribution in [3.63, 3.8) is 0 Å². The number of amidine groups is 1. The standard InChI is InChI=1S/C14H26N6/c1-4-19(5-2)8-7-9-20(6-3)13-11-17-12(10-18-13)14(15)16/h10-11H,4-9H2,1-3H3,(H3,15,16). The normalized spacial score (nSPS) is 10.8. The fourth-order valence-corrected chi connectivity index (χ4v) is 2.08. The molecule has 0 amide bonds. The Hall–Kier alpha value is -1.69. The van der Waals surface area contributed by atoms with Crippen LogP contribution in [0.2, 0.25) is 0 Å². The second kappa shape index (κ2) is 8.47. The van der Waals surface area contributed by atoms with E-state index in [2.05, 4.69) is 40.5 Å². The van der Waals surface area contributed by atoms with Crippen LogP contribution >= 0.6 is 0 Å². The molecule has 0 aliphatic carbocycles. The van der Waals surface area contributed by atoms with Gasteiger partial charge in [0.05, 0.1) is 12.4 Å². The molecule has 0 saturated carbocycles. The lowest BCUT2D eigenvalue weighted by Crippen LogP contribution is -2.30. The summed E-state index contributed by atoms with van der Waals surface area (Å²) < 4.78 is 0. The van der Waals surface area contributed by atoms with Gasteiger partial charge in [0.15, 0.2) is 0 Å². The zero-order valence-electron chi connectivity index (χ0n) is 12.8. The molecule has 0 saturated heterocycles. The molecule has 0 unspecified atom stereocenters. The van der Waals surface area contributed by atoms with Crippen molar-refractivity contribution in [3.05, 3.63) is 18.1 Å². The molecule has 1 heterocycles. The van der Waals surface area contributed by atoms with E-state index in [1.807, 2.05) is 0 Å². The number of rotatable bonds is 9. The molecule has 0 radical (unpaired) electrons. The molecular weight excluding hydrogens is 252 g/mol. The molecule has 0 aliphatic heterocycles. The molecule has 1 aromatic heterocycles. The van der Waals surface area contributed by atoms with Gasteiger partial charge in [0.2, 0.25) is 0 Å². The number of nitrogens with two attached hydrogens (primary N) is 1. The molecule has 0 atom stereocenters. The minimum atomic E-state index is -0.0476. The van der Waals surface area contributed by atoms with Crippen molar-refractivity contribution in [2.45, 2.75) is 27.2 Å². The smallest absolute Gasteiger partial charge is 0.147 e. The van der Waals surface area contributed by atoms with Crippen molar-refractivity contribution in [1.29, 1.82) is 5.41 Å². The average Bonchev–Trinajstić information content (AvgIpc) is 2.48. The van der Waals surface area contributed by atoms with Crippen LogP contribution in [-0.2, 0) is 0 Å². The Morgan fingerprint density at radius 3 is 2.25 bits per heavy atom. The number of aromatic nitrogens is 2. The van der Waals surface area contributed by atoms with Crippen molar-refractivity contribution >= 4 is 11.7 Å². The Kier molecular flexibility index (Phi) is 6.93. The van der Waals surface area contributed by atoms with Crippen LogP contribution in [0.5, 0.6) is 0 Å². The van der Waals surface area contributed by atoms with E-state index in [1.165, 1.54) is 0 Å². The van der Waals surface area contributed by atoms with Crippen molar-refractivity contribution in [2.75, 3.05) is 37.6 Å². The highest BCUT2D eigenvalue weighted by Crippen LogP contribution is 2.09. The van der Waals surface area contributed by atoms with Crippen LogP contribution in [0.4, 0.5) is 5.82 Å². The van der Waals surface area contributed by atoms with Gasteiger partial charge in [0.25, 0.3) is 0 Å². The summed E-state index contributed by atoms with van der Waals surface area (Å²) in [6.45, 7) is 11.6. The lowest BCUT2D eigenvalue weighted by atomic mass is 10.3. The maximum atomic E-state index is 7.31. The predicted octanol–water partition coefficient (Wildman–Crippen LogP) is 1.32. The van der Waals surface area contributed by atoms with E-state index in [0.29, 0.717) is 5.69 Å². The van der Waals surface area contributed by atoms with Gasteiger partial charge in [0, 0.05) is 13.1 Å². The Bertz CT molecular complexity index is 399. The molecule has 0 aliphatic rings. The van der Waals surface area contributed by atoms with E-state index in [0.717, 1.165) is 45.0 Å². The first-order valence-electron chi connectivity index (χ1n) is 7.26. The zero-order chi connectivity index (χ0) is 15.0. The van der Waals surface area contributed by atoms with E-state index in [9.17, 15) is 0 Å². The van der Waals surface area contributed by atoms with Gasteiger partial charge < -0.3 is 15.5 Å². The second-order valence-corrected chi connectivity index (χ2v) is 4.63. The highest BCUT2D eigenvalue weighted by molar-refractivity contribution is 5.92. The third-order valence-corrected chi connectivity index (χ3v) is 3.42. The molecule has 0 spiro atoms. The summed E-state index contributed by atoms with van der Waals surface area (Å²) in [4.78, 5) is 13.1. The van der Waals surface area contributed by atoms with Crippen LogP contribution in [0.25, 0.3) is 0 Å². The largest absolute Gasteiger partial charge is 0.382 e. The molecule has 20 heavy (non-hydrogen) atoms. The number of hydrogen-bond acceptors (Lipinski definition) is 5. The van der Waals surface area contributed by atoms with Gasteiger partial charge in [-0.15, -0.1) is 0 Å². The zero-order valence-corrected chi connectivity index (χ0v) is 12.8. The van der Waals surface area contributed by atoms with E-state index in [1.54, 1.807) is 12.4 Å². The van der Waals surface area contributed by atoms with Crippen LogP contribution in [0.15, 0.2) is 12.4 Å². The second-order valence-electron chi connectivity index (χ2n) is 4.63. The van der Waals surface area contributed by atoms with E-state index >= 15 is 0 Å². The van der Waals surface area contributed by atoms with E-state index < -0.39 is 0 Å². The predicted molar refractivity (Wildman–Crippen MR) is 83.3 cm³/mol. The van der Waals surface area contributed by atoms with Crippen LogP contribution < -0.4 is 10.6 Å². The molecule has 6 heteroatoms. The summed E-state index contributed by atoms with van der Waals surface area (Å²) >= 11 is 0. The fraction of sp³-hybridized carbons (Fsp3) is 0.643. The van der Waals surface area contributed by atoms with Crippen molar-refractivity contribution < 1.29 is 0 Å². The SMILES string of the molecule is CCN(CC)CCCN(CC)c1cnc(C(=N)N)cn1. The number of nitrogens with one attached hydrogen (secondary N) is 1. The Morgan fingerprint density at radius 2 is 1.80 bits per heavy atom. The highest BCUT2D eigenvalue weighted by atomic mass is 15.2.